The maximum Gasteiger partial charge on any atom is 0.206 e. The molecule has 0 bridgehead atoms. The number of phenolic OH excluding ortho intramolecular Hbond substituents is 1. The van der Waals surface area contributed by atoms with Gasteiger partial charge in [0.05, 0.1) is 26.4 Å². The van der Waals surface area contributed by atoms with E-state index in [2.05, 4.69) is 5.32 Å². The molecular weight excluding hydrogens is 213 g/mol. The Morgan fingerprint density at radius 1 is 1.56 bits per heavy atom. The minimum atomic E-state index is -0.729. The number of rotatable bonds is 2. The number of methoxy groups -OCH3 is 1. The Morgan fingerprint density at radius 2 is 2.38 bits per heavy atom. The Kier molecular flexibility index (Phi) is 3.26. The number of aromatic hydroxyl groups is 1. The zero-order chi connectivity index (χ0) is 11.5. The second-order valence-electron chi connectivity index (χ2n) is 3.60. The molecule has 1 aromatic rings. The number of benzene rings is 1. The minimum Gasteiger partial charge on any atom is -0.504 e. The number of ether oxygens (including phenoxy) is 2. The lowest BCUT2D eigenvalue weighted by atomic mass is 10.0. The number of morpholine rings is 1. The van der Waals surface area contributed by atoms with Gasteiger partial charge in [-0.1, -0.05) is 0 Å². The van der Waals surface area contributed by atoms with E-state index in [9.17, 15) is 9.50 Å². The summed E-state index contributed by atoms with van der Waals surface area (Å²) in [6, 6.07) is 2.97. The number of hydrogen-bond acceptors (Lipinski definition) is 4. The number of phenols is 1. The summed E-state index contributed by atoms with van der Waals surface area (Å²) in [4.78, 5) is 0. The first-order valence-corrected chi connectivity index (χ1v) is 5.10. The largest absolute Gasteiger partial charge is 0.504 e. The summed E-state index contributed by atoms with van der Waals surface area (Å²) >= 11 is 0. The van der Waals surface area contributed by atoms with Crippen LogP contribution in [0.1, 0.15) is 11.6 Å². The molecule has 1 saturated heterocycles. The van der Waals surface area contributed by atoms with E-state index >= 15 is 0 Å². The van der Waals surface area contributed by atoms with Crippen LogP contribution in [-0.4, -0.2) is 32.0 Å². The molecule has 1 aromatic carbocycles. The fourth-order valence-corrected chi connectivity index (χ4v) is 1.76. The second-order valence-corrected chi connectivity index (χ2v) is 3.60. The van der Waals surface area contributed by atoms with Crippen LogP contribution in [0.15, 0.2) is 12.1 Å². The van der Waals surface area contributed by atoms with Crippen molar-refractivity contribution in [3.63, 3.8) is 0 Å². The van der Waals surface area contributed by atoms with Crippen molar-refractivity contribution in [2.75, 3.05) is 26.9 Å². The van der Waals surface area contributed by atoms with E-state index in [1.54, 1.807) is 6.07 Å². The van der Waals surface area contributed by atoms with Gasteiger partial charge in [-0.15, -0.1) is 0 Å². The van der Waals surface area contributed by atoms with E-state index < -0.39 is 5.82 Å². The fourth-order valence-electron chi connectivity index (χ4n) is 1.76. The van der Waals surface area contributed by atoms with Crippen molar-refractivity contribution in [1.29, 1.82) is 0 Å². The SMILES string of the molecule is COc1ccc(C2COCCN2)c(O)c1F. The molecule has 5 heteroatoms. The van der Waals surface area contributed by atoms with Crippen LogP contribution in [0.3, 0.4) is 0 Å². The van der Waals surface area contributed by atoms with Crippen LogP contribution in [0.4, 0.5) is 4.39 Å². The molecule has 88 valence electrons. The lowest BCUT2D eigenvalue weighted by molar-refractivity contribution is 0.0759. The van der Waals surface area contributed by atoms with Gasteiger partial charge in [-0.25, -0.2) is 0 Å². The van der Waals surface area contributed by atoms with Crippen molar-refractivity contribution >= 4 is 0 Å². The first kappa shape index (κ1) is 11.2. The van der Waals surface area contributed by atoms with Gasteiger partial charge < -0.3 is 19.9 Å². The second kappa shape index (κ2) is 4.67. The lowest BCUT2D eigenvalue weighted by Crippen LogP contribution is -2.34. The standard InChI is InChI=1S/C11H14FNO3/c1-15-9-3-2-7(11(14)10(9)12)8-6-16-5-4-13-8/h2-3,8,13-14H,4-6H2,1H3. The van der Waals surface area contributed by atoms with Crippen molar-refractivity contribution < 1.29 is 19.0 Å². The van der Waals surface area contributed by atoms with Crippen LogP contribution in [0.2, 0.25) is 0 Å². The van der Waals surface area contributed by atoms with E-state index in [1.807, 2.05) is 0 Å². The van der Waals surface area contributed by atoms with Gasteiger partial charge in [0.2, 0.25) is 5.82 Å². The average molecular weight is 227 g/mol. The zero-order valence-electron chi connectivity index (χ0n) is 9.00. The van der Waals surface area contributed by atoms with E-state index in [1.165, 1.54) is 13.2 Å². The monoisotopic (exact) mass is 227 g/mol. The Hall–Kier alpha value is -1.33. The Balaban J connectivity index is 2.30. The summed E-state index contributed by atoms with van der Waals surface area (Å²) < 4.78 is 23.6. The molecule has 2 rings (SSSR count). The van der Waals surface area contributed by atoms with Gasteiger partial charge in [0.25, 0.3) is 0 Å². The zero-order valence-corrected chi connectivity index (χ0v) is 9.00. The molecule has 1 aliphatic rings. The fraction of sp³-hybridized carbons (Fsp3) is 0.455. The van der Waals surface area contributed by atoms with Crippen molar-refractivity contribution in [3.05, 3.63) is 23.5 Å². The molecule has 1 aliphatic heterocycles. The van der Waals surface area contributed by atoms with Gasteiger partial charge >= 0.3 is 0 Å². The van der Waals surface area contributed by atoms with Gasteiger partial charge in [-0.2, -0.15) is 4.39 Å². The van der Waals surface area contributed by atoms with Crippen LogP contribution < -0.4 is 10.1 Å². The molecule has 0 aliphatic carbocycles. The highest BCUT2D eigenvalue weighted by atomic mass is 19.1. The van der Waals surface area contributed by atoms with E-state index in [4.69, 9.17) is 9.47 Å². The normalized spacial score (nSPS) is 20.8. The third-order valence-corrected chi connectivity index (χ3v) is 2.63. The van der Waals surface area contributed by atoms with Crippen molar-refractivity contribution in [2.45, 2.75) is 6.04 Å². The predicted octanol–water partition coefficient (Wildman–Crippen LogP) is 1.20. The van der Waals surface area contributed by atoms with Gasteiger partial charge in [-0.05, 0) is 12.1 Å². The molecule has 16 heavy (non-hydrogen) atoms. The molecule has 0 aromatic heterocycles. The van der Waals surface area contributed by atoms with Crippen molar-refractivity contribution in [2.24, 2.45) is 0 Å². The number of nitrogens with one attached hydrogen (secondary N) is 1. The van der Waals surface area contributed by atoms with Crippen LogP contribution in [0.5, 0.6) is 11.5 Å². The summed E-state index contributed by atoms with van der Waals surface area (Å²) in [7, 11) is 1.36. The van der Waals surface area contributed by atoms with E-state index in [0.29, 0.717) is 25.3 Å². The van der Waals surface area contributed by atoms with E-state index in [0.717, 1.165) is 0 Å². The summed E-state index contributed by atoms with van der Waals surface area (Å²) in [6.07, 6.45) is 0. The topological polar surface area (TPSA) is 50.7 Å². The maximum absolute atomic E-state index is 13.6. The minimum absolute atomic E-state index is 0.0398. The highest BCUT2D eigenvalue weighted by molar-refractivity contribution is 5.43. The quantitative estimate of drug-likeness (QED) is 0.797. The molecule has 2 N–H and O–H groups in total. The summed E-state index contributed by atoms with van der Waals surface area (Å²) in [5.41, 5.74) is 0.498. The predicted molar refractivity (Wildman–Crippen MR) is 56.2 cm³/mol. The Morgan fingerprint density at radius 3 is 3.00 bits per heavy atom. The number of hydrogen-bond donors (Lipinski definition) is 2. The molecule has 0 spiro atoms. The summed E-state index contributed by atoms with van der Waals surface area (Å²) in [5.74, 6) is -1.06. The summed E-state index contributed by atoms with van der Waals surface area (Å²) in [5, 5.41) is 12.9. The summed E-state index contributed by atoms with van der Waals surface area (Å²) in [6.45, 7) is 1.76. The maximum atomic E-state index is 13.6. The van der Waals surface area contributed by atoms with E-state index in [-0.39, 0.29) is 17.5 Å². The van der Waals surface area contributed by atoms with Gasteiger partial charge in [-0.3, -0.25) is 0 Å². The molecular formula is C11H14FNO3. The number of halogens is 1. The van der Waals surface area contributed by atoms with Gasteiger partial charge in [0.1, 0.15) is 0 Å². The van der Waals surface area contributed by atoms with Crippen LogP contribution in [0, 0.1) is 5.82 Å². The molecule has 0 radical (unpaired) electrons. The average Bonchev–Trinajstić information content (AvgIpc) is 2.34. The van der Waals surface area contributed by atoms with Crippen LogP contribution in [-0.2, 0) is 4.74 Å². The molecule has 0 amide bonds. The Labute approximate surface area is 93.0 Å². The molecule has 1 unspecified atom stereocenters. The molecule has 0 saturated carbocycles. The third kappa shape index (κ3) is 1.96. The Bertz CT molecular complexity index is 378. The molecule has 1 fully saturated rings. The highest BCUT2D eigenvalue weighted by Crippen LogP contribution is 2.33. The molecule has 1 atom stereocenters. The first-order valence-electron chi connectivity index (χ1n) is 5.10. The van der Waals surface area contributed by atoms with Gasteiger partial charge in [0.15, 0.2) is 11.5 Å². The lowest BCUT2D eigenvalue weighted by Gasteiger charge is -2.25. The molecule has 1 heterocycles. The van der Waals surface area contributed by atoms with Crippen LogP contribution in [0.25, 0.3) is 0 Å². The van der Waals surface area contributed by atoms with Crippen LogP contribution >= 0.6 is 0 Å². The first-order chi connectivity index (χ1) is 7.74. The molecule has 4 nitrogen and oxygen atoms in total. The van der Waals surface area contributed by atoms with Gasteiger partial charge in [0, 0.05) is 12.1 Å². The highest BCUT2D eigenvalue weighted by Gasteiger charge is 2.22. The van der Waals surface area contributed by atoms with Crippen molar-refractivity contribution in [1.82, 2.24) is 5.32 Å². The smallest absolute Gasteiger partial charge is 0.206 e. The third-order valence-electron chi connectivity index (χ3n) is 2.63. The van der Waals surface area contributed by atoms with Crippen molar-refractivity contribution in [3.8, 4) is 11.5 Å².